The highest BCUT2D eigenvalue weighted by atomic mass is 79.9. The van der Waals surface area contributed by atoms with Gasteiger partial charge in [-0.05, 0) is 60.6 Å². The van der Waals surface area contributed by atoms with E-state index in [1.54, 1.807) is 0 Å². The summed E-state index contributed by atoms with van der Waals surface area (Å²) in [5.41, 5.74) is 2.01. The molecule has 0 aliphatic rings. The first kappa shape index (κ1) is 22.1. The highest BCUT2D eigenvalue weighted by Gasteiger charge is 2.46. The Labute approximate surface area is 153 Å². The predicted molar refractivity (Wildman–Crippen MR) is 93.8 cm³/mol. The molecule has 1 amide bonds. The fraction of sp³-hybridized carbons (Fsp3) is 0.632. The number of benzene rings is 1. The fourth-order valence-electron chi connectivity index (χ4n) is 2.84. The second kappa shape index (κ2) is 7.35. The average Bonchev–Trinajstić information content (AvgIpc) is 2.36. The standard InChI is InChI=1S/C19H33N2O.BrH/c1-15-10-12-16(13-11-15)17(22)20(8)14-21(9,18(2,3)4)19(5,6)7;/h10-13H,14H2,1-9H3;1H/q+1;/p-1. The second-order valence-corrected chi connectivity index (χ2v) is 8.54. The van der Waals surface area contributed by atoms with Gasteiger partial charge in [0.25, 0.3) is 5.91 Å². The van der Waals surface area contributed by atoms with Crippen molar-refractivity contribution in [1.82, 2.24) is 4.90 Å². The smallest absolute Gasteiger partial charge is 0.257 e. The van der Waals surface area contributed by atoms with Gasteiger partial charge in [-0.3, -0.25) is 9.69 Å². The average molecular weight is 385 g/mol. The second-order valence-electron chi connectivity index (χ2n) is 8.54. The molecule has 4 heteroatoms. The number of nitrogens with zero attached hydrogens (tertiary/aromatic N) is 2. The van der Waals surface area contributed by atoms with E-state index in [1.807, 2.05) is 43.1 Å². The molecular weight excluding hydrogens is 352 g/mol. The molecule has 0 aromatic heterocycles. The molecule has 0 fully saturated rings. The summed E-state index contributed by atoms with van der Waals surface area (Å²) < 4.78 is 0.786. The highest BCUT2D eigenvalue weighted by molar-refractivity contribution is 5.93. The van der Waals surface area contributed by atoms with Crippen LogP contribution in [0.25, 0.3) is 0 Å². The van der Waals surface area contributed by atoms with Crippen LogP contribution in [0.3, 0.4) is 0 Å². The molecule has 0 atom stereocenters. The van der Waals surface area contributed by atoms with E-state index in [-0.39, 0.29) is 34.0 Å². The first-order chi connectivity index (χ1) is 9.79. The van der Waals surface area contributed by atoms with Gasteiger partial charge in [-0.2, -0.15) is 0 Å². The van der Waals surface area contributed by atoms with Crippen LogP contribution in [0.4, 0.5) is 0 Å². The molecule has 0 spiro atoms. The Balaban J connectivity index is 0.00000484. The van der Waals surface area contributed by atoms with Crippen molar-refractivity contribution in [2.75, 3.05) is 20.8 Å². The minimum absolute atomic E-state index is 0. The number of quaternary nitrogens is 1. The van der Waals surface area contributed by atoms with E-state index < -0.39 is 0 Å². The Morgan fingerprint density at radius 1 is 1.00 bits per heavy atom. The number of amides is 1. The molecule has 1 rings (SSSR count). The van der Waals surface area contributed by atoms with E-state index in [2.05, 4.69) is 48.6 Å². The summed E-state index contributed by atoms with van der Waals surface area (Å²) in [5, 5.41) is 0. The Hall–Kier alpha value is -0.870. The molecule has 0 unspecified atom stereocenters. The maximum Gasteiger partial charge on any atom is 0.257 e. The third-order valence-electron chi connectivity index (χ3n) is 5.10. The summed E-state index contributed by atoms with van der Waals surface area (Å²) in [6.45, 7) is 16.1. The molecule has 0 saturated heterocycles. The van der Waals surface area contributed by atoms with E-state index in [4.69, 9.17) is 0 Å². The molecule has 0 aliphatic heterocycles. The molecule has 0 heterocycles. The summed E-state index contributed by atoms with van der Waals surface area (Å²) in [7, 11) is 4.13. The van der Waals surface area contributed by atoms with Crippen LogP contribution >= 0.6 is 0 Å². The lowest BCUT2D eigenvalue weighted by Gasteiger charge is -2.55. The minimum Gasteiger partial charge on any atom is -1.00 e. The molecule has 132 valence electrons. The maximum atomic E-state index is 12.7. The van der Waals surface area contributed by atoms with Gasteiger partial charge in [0.1, 0.15) is 0 Å². The Morgan fingerprint density at radius 2 is 1.39 bits per heavy atom. The molecule has 0 N–H and O–H groups in total. The van der Waals surface area contributed by atoms with E-state index >= 15 is 0 Å². The van der Waals surface area contributed by atoms with Crippen LogP contribution in [0.15, 0.2) is 24.3 Å². The lowest BCUT2D eigenvalue weighted by molar-refractivity contribution is -1.00. The summed E-state index contributed by atoms with van der Waals surface area (Å²) >= 11 is 0. The van der Waals surface area contributed by atoms with E-state index in [0.717, 1.165) is 10.0 Å². The third kappa shape index (κ3) is 4.80. The van der Waals surface area contributed by atoms with Crippen LogP contribution < -0.4 is 17.0 Å². The van der Waals surface area contributed by atoms with Gasteiger partial charge >= 0.3 is 0 Å². The van der Waals surface area contributed by atoms with Gasteiger partial charge in [-0.1, -0.05) is 17.7 Å². The number of carbonyl (C=O) groups is 1. The highest BCUT2D eigenvalue weighted by Crippen LogP contribution is 2.33. The molecule has 0 bridgehead atoms. The van der Waals surface area contributed by atoms with Crippen LogP contribution in [0, 0.1) is 6.92 Å². The Kier molecular flexibility index (Phi) is 7.07. The van der Waals surface area contributed by atoms with Gasteiger partial charge in [0.05, 0.1) is 18.1 Å². The summed E-state index contributed by atoms with van der Waals surface area (Å²) in [6, 6.07) is 7.80. The van der Waals surface area contributed by atoms with Crippen LogP contribution in [-0.4, -0.2) is 47.1 Å². The van der Waals surface area contributed by atoms with Crippen molar-refractivity contribution in [3.8, 4) is 0 Å². The van der Waals surface area contributed by atoms with Crippen LogP contribution in [0.1, 0.15) is 57.5 Å². The van der Waals surface area contributed by atoms with Crippen molar-refractivity contribution >= 4 is 5.91 Å². The summed E-state index contributed by atoms with van der Waals surface area (Å²) in [5.74, 6) is 0.0813. The van der Waals surface area contributed by atoms with Gasteiger partial charge in [0.15, 0.2) is 6.67 Å². The number of halogens is 1. The quantitative estimate of drug-likeness (QED) is 0.563. The summed E-state index contributed by atoms with van der Waals surface area (Å²) in [6.07, 6.45) is 0. The van der Waals surface area contributed by atoms with Crippen molar-refractivity contribution in [1.29, 1.82) is 0 Å². The lowest BCUT2D eigenvalue weighted by atomic mass is 9.92. The van der Waals surface area contributed by atoms with Gasteiger partial charge in [0.2, 0.25) is 0 Å². The van der Waals surface area contributed by atoms with E-state index in [9.17, 15) is 4.79 Å². The number of rotatable bonds is 3. The fourth-order valence-corrected chi connectivity index (χ4v) is 2.84. The van der Waals surface area contributed by atoms with Crippen molar-refractivity contribution in [3.05, 3.63) is 35.4 Å². The van der Waals surface area contributed by atoms with E-state index in [0.29, 0.717) is 6.67 Å². The first-order valence-electron chi connectivity index (χ1n) is 7.97. The van der Waals surface area contributed by atoms with Gasteiger partial charge in [0, 0.05) is 12.6 Å². The third-order valence-corrected chi connectivity index (χ3v) is 5.10. The number of aryl methyl sites for hydroxylation is 1. The van der Waals surface area contributed by atoms with Gasteiger partial charge < -0.3 is 21.5 Å². The lowest BCUT2D eigenvalue weighted by Crippen LogP contribution is -3.00. The van der Waals surface area contributed by atoms with Crippen molar-refractivity contribution in [2.24, 2.45) is 0 Å². The molecule has 0 saturated carbocycles. The zero-order valence-electron chi connectivity index (χ0n) is 16.2. The first-order valence-corrected chi connectivity index (χ1v) is 7.97. The zero-order chi connectivity index (χ0) is 17.3. The number of hydrogen-bond acceptors (Lipinski definition) is 1. The normalized spacial score (nSPS) is 12.6. The Bertz CT molecular complexity index is 510. The van der Waals surface area contributed by atoms with Crippen LogP contribution in [0.2, 0.25) is 0 Å². The number of hydrogen-bond donors (Lipinski definition) is 0. The largest absolute Gasteiger partial charge is 1.00 e. The molecular formula is C19H33BrN2O. The number of carbonyl (C=O) groups excluding carboxylic acids is 1. The predicted octanol–water partition coefficient (Wildman–Crippen LogP) is 1.07. The Morgan fingerprint density at radius 3 is 1.74 bits per heavy atom. The molecule has 1 aromatic rings. The van der Waals surface area contributed by atoms with Crippen molar-refractivity contribution < 1.29 is 26.3 Å². The molecule has 1 aromatic carbocycles. The molecule has 3 nitrogen and oxygen atoms in total. The maximum absolute atomic E-state index is 12.7. The monoisotopic (exact) mass is 384 g/mol. The molecule has 0 aliphatic carbocycles. The minimum atomic E-state index is 0. The van der Waals surface area contributed by atoms with Crippen LogP contribution in [0.5, 0.6) is 0 Å². The zero-order valence-corrected chi connectivity index (χ0v) is 17.8. The topological polar surface area (TPSA) is 20.3 Å². The van der Waals surface area contributed by atoms with Gasteiger partial charge in [-0.15, -0.1) is 0 Å². The molecule has 23 heavy (non-hydrogen) atoms. The summed E-state index contributed by atoms with van der Waals surface area (Å²) in [4.78, 5) is 14.6. The van der Waals surface area contributed by atoms with E-state index in [1.165, 1.54) is 5.56 Å². The van der Waals surface area contributed by atoms with Crippen LogP contribution in [-0.2, 0) is 0 Å². The van der Waals surface area contributed by atoms with Crippen molar-refractivity contribution in [2.45, 2.75) is 59.5 Å². The van der Waals surface area contributed by atoms with Crippen molar-refractivity contribution in [3.63, 3.8) is 0 Å². The van der Waals surface area contributed by atoms with Gasteiger partial charge in [-0.25, -0.2) is 0 Å². The molecule has 0 radical (unpaired) electrons. The SMILES string of the molecule is Cc1ccc(C(=O)N(C)C[N+](C)(C(C)(C)C)C(C)(C)C)cc1.[Br-].